The Morgan fingerprint density at radius 1 is 1.19 bits per heavy atom. The second-order valence-corrected chi connectivity index (χ2v) is 6.47. The number of rotatable bonds is 5. The molecule has 0 bridgehead atoms. The average Bonchev–Trinajstić information content (AvgIpc) is 3.12. The van der Waals surface area contributed by atoms with E-state index < -0.39 is 0 Å². The molecule has 138 valence electrons. The van der Waals surface area contributed by atoms with E-state index in [1.54, 1.807) is 29.1 Å². The van der Waals surface area contributed by atoms with Crippen LogP contribution in [-0.4, -0.2) is 41.4 Å². The van der Waals surface area contributed by atoms with Gasteiger partial charge in [-0.15, -0.1) is 0 Å². The lowest BCUT2D eigenvalue weighted by Gasteiger charge is -2.27. The zero-order chi connectivity index (χ0) is 18.8. The number of aromatic nitrogens is 3. The SMILES string of the molecule is COc1ccc(N(C)Cc2cc3n(n2)CCN(c2cccnc2)C3=O)cc1. The zero-order valence-corrected chi connectivity index (χ0v) is 15.4. The molecule has 1 amide bonds. The number of ether oxygens (including phenoxy) is 1. The highest BCUT2D eigenvalue weighted by Gasteiger charge is 2.27. The van der Waals surface area contributed by atoms with Gasteiger partial charge in [-0.25, -0.2) is 0 Å². The maximum atomic E-state index is 12.9. The van der Waals surface area contributed by atoms with Crippen LogP contribution in [-0.2, 0) is 13.1 Å². The van der Waals surface area contributed by atoms with Crippen molar-refractivity contribution in [2.75, 3.05) is 30.5 Å². The number of hydrogen-bond donors (Lipinski definition) is 0. The molecule has 0 radical (unpaired) electrons. The van der Waals surface area contributed by atoms with Crippen molar-refractivity contribution in [2.45, 2.75) is 13.1 Å². The molecule has 0 unspecified atom stereocenters. The van der Waals surface area contributed by atoms with E-state index in [1.807, 2.05) is 49.5 Å². The summed E-state index contributed by atoms with van der Waals surface area (Å²) in [6.07, 6.45) is 3.41. The molecule has 27 heavy (non-hydrogen) atoms. The summed E-state index contributed by atoms with van der Waals surface area (Å²) in [4.78, 5) is 20.8. The molecular weight excluding hydrogens is 342 g/mol. The fourth-order valence-corrected chi connectivity index (χ4v) is 3.26. The fourth-order valence-electron chi connectivity index (χ4n) is 3.26. The number of carbonyl (C=O) groups excluding carboxylic acids is 1. The van der Waals surface area contributed by atoms with E-state index in [9.17, 15) is 4.79 Å². The number of methoxy groups -OCH3 is 1. The van der Waals surface area contributed by atoms with Crippen LogP contribution >= 0.6 is 0 Å². The van der Waals surface area contributed by atoms with Gasteiger partial charge in [0.2, 0.25) is 0 Å². The van der Waals surface area contributed by atoms with Crippen LogP contribution in [0.25, 0.3) is 0 Å². The lowest BCUT2D eigenvalue weighted by molar-refractivity contribution is 0.0962. The second-order valence-electron chi connectivity index (χ2n) is 6.47. The van der Waals surface area contributed by atoms with Crippen LogP contribution in [0.4, 0.5) is 11.4 Å². The van der Waals surface area contributed by atoms with E-state index >= 15 is 0 Å². The molecule has 1 aliphatic heterocycles. The van der Waals surface area contributed by atoms with Crippen molar-refractivity contribution in [3.63, 3.8) is 0 Å². The number of pyridine rings is 1. The molecule has 0 atom stereocenters. The lowest BCUT2D eigenvalue weighted by atomic mass is 10.2. The summed E-state index contributed by atoms with van der Waals surface area (Å²) in [6.45, 7) is 1.88. The number of carbonyl (C=O) groups is 1. The molecule has 0 aliphatic carbocycles. The van der Waals surface area contributed by atoms with E-state index in [-0.39, 0.29) is 5.91 Å². The van der Waals surface area contributed by atoms with Gasteiger partial charge in [0, 0.05) is 25.5 Å². The third-order valence-electron chi connectivity index (χ3n) is 4.70. The van der Waals surface area contributed by atoms with E-state index in [4.69, 9.17) is 4.74 Å². The molecule has 2 aromatic heterocycles. The van der Waals surface area contributed by atoms with Gasteiger partial charge in [0.1, 0.15) is 11.4 Å². The predicted molar refractivity (Wildman–Crippen MR) is 103 cm³/mol. The minimum Gasteiger partial charge on any atom is -0.497 e. The fraction of sp³-hybridized carbons (Fsp3) is 0.250. The molecule has 0 fully saturated rings. The molecule has 0 N–H and O–H groups in total. The monoisotopic (exact) mass is 363 g/mol. The first-order chi connectivity index (χ1) is 13.2. The Balaban J connectivity index is 1.51. The molecule has 4 rings (SSSR count). The van der Waals surface area contributed by atoms with Gasteiger partial charge in [-0.1, -0.05) is 0 Å². The predicted octanol–water partition coefficient (Wildman–Crippen LogP) is 2.58. The van der Waals surface area contributed by atoms with E-state index in [0.29, 0.717) is 25.3 Å². The molecule has 0 saturated carbocycles. The quantitative estimate of drug-likeness (QED) is 0.697. The molecule has 3 aromatic rings. The standard InChI is InChI=1S/C20H21N5O2/c1-23(16-5-7-18(27-2)8-6-16)14-15-12-19-20(26)24(10-11-25(19)22-15)17-4-3-9-21-13-17/h3-9,12-13H,10-11,14H2,1-2H3. The van der Waals surface area contributed by atoms with Gasteiger partial charge in [0.15, 0.2) is 0 Å². The smallest absolute Gasteiger partial charge is 0.276 e. The number of nitrogens with zero attached hydrogens (tertiary/aromatic N) is 5. The lowest BCUT2D eigenvalue weighted by Crippen LogP contribution is -2.40. The van der Waals surface area contributed by atoms with Gasteiger partial charge in [-0.2, -0.15) is 5.10 Å². The Kier molecular flexibility index (Phi) is 4.50. The van der Waals surface area contributed by atoms with Crippen LogP contribution in [0.15, 0.2) is 54.9 Å². The Hall–Kier alpha value is -3.35. The van der Waals surface area contributed by atoms with E-state index in [2.05, 4.69) is 15.0 Å². The van der Waals surface area contributed by atoms with E-state index in [1.165, 1.54) is 0 Å². The van der Waals surface area contributed by atoms with Gasteiger partial charge < -0.3 is 14.5 Å². The van der Waals surface area contributed by atoms with Gasteiger partial charge in [-0.3, -0.25) is 14.5 Å². The third kappa shape index (κ3) is 3.36. The Morgan fingerprint density at radius 3 is 2.70 bits per heavy atom. The van der Waals surface area contributed by atoms with Crippen molar-refractivity contribution in [2.24, 2.45) is 0 Å². The van der Waals surface area contributed by atoms with Crippen molar-refractivity contribution >= 4 is 17.3 Å². The first-order valence-electron chi connectivity index (χ1n) is 8.79. The summed E-state index contributed by atoms with van der Waals surface area (Å²) >= 11 is 0. The largest absolute Gasteiger partial charge is 0.497 e. The second kappa shape index (κ2) is 7.11. The molecule has 1 aromatic carbocycles. The average molecular weight is 363 g/mol. The van der Waals surface area contributed by atoms with Crippen LogP contribution in [0.2, 0.25) is 0 Å². The number of anilines is 2. The zero-order valence-electron chi connectivity index (χ0n) is 15.4. The molecule has 1 aliphatic rings. The first kappa shape index (κ1) is 17.1. The Labute approximate surface area is 157 Å². The normalized spacial score (nSPS) is 13.4. The van der Waals surface area contributed by atoms with Gasteiger partial charge in [0.25, 0.3) is 5.91 Å². The molecular formula is C20H21N5O2. The van der Waals surface area contributed by atoms with Crippen molar-refractivity contribution in [1.29, 1.82) is 0 Å². The maximum Gasteiger partial charge on any atom is 0.276 e. The summed E-state index contributed by atoms with van der Waals surface area (Å²) < 4.78 is 7.00. The summed E-state index contributed by atoms with van der Waals surface area (Å²) in [7, 11) is 3.66. The molecule has 7 heteroatoms. The molecule has 0 spiro atoms. The minimum absolute atomic E-state index is 0.0416. The highest BCUT2D eigenvalue weighted by atomic mass is 16.5. The number of fused-ring (bicyclic) bond motifs is 1. The number of benzene rings is 1. The van der Waals surface area contributed by atoms with E-state index in [0.717, 1.165) is 22.8 Å². The van der Waals surface area contributed by atoms with Crippen molar-refractivity contribution in [3.05, 3.63) is 66.2 Å². The van der Waals surface area contributed by atoms with Crippen LogP contribution in [0, 0.1) is 0 Å². The van der Waals surface area contributed by atoms with Gasteiger partial charge in [-0.05, 0) is 42.5 Å². The van der Waals surface area contributed by atoms with Crippen molar-refractivity contribution in [1.82, 2.24) is 14.8 Å². The van der Waals surface area contributed by atoms with Gasteiger partial charge >= 0.3 is 0 Å². The highest BCUT2D eigenvalue weighted by molar-refractivity contribution is 6.05. The summed E-state index contributed by atoms with van der Waals surface area (Å²) in [5, 5.41) is 4.62. The topological polar surface area (TPSA) is 63.5 Å². The van der Waals surface area contributed by atoms with Gasteiger partial charge in [0.05, 0.1) is 37.8 Å². The minimum atomic E-state index is -0.0416. The summed E-state index contributed by atoms with van der Waals surface area (Å²) in [6, 6.07) is 13.5. The number of amides is 1. The van der Waals surface area contributed by atoms with Crippen molar-refractivity contribution < 1.29 is 9.53 Å². The first-order valence-corrected chi connectivity index (χ1v) is 8.79. The third-order valence-corrected chi connectivity index (χ3v) is 4.70. The summed E-state index contributed by atoms with van der Waals surface area (Å²) in [5.41, 5.74) is 3.35. The molecule has 7 nitrogen and oxygen atoms in total. The highest BCUT2D eigenvalue weighted by Crippen LogP contribution is 2.23. The molecule has 0 saturated heterocycles. The summed E-state index contributed by atoms with van der Waals surface area (Å²) in [5.74, 6) is 0.783. The Morgan fingerprint density at radius 2 is 2.00 bits per heavy atom. The van der Waals surface area contributed by atoms with Crippen LogP contribution in [0.1, 0.15) is 16.2 Å². The van der Waals surface area contributed by atoms with Crippen LogP contribution in [0.3, 0.4) is 0 Å². The van der Waals surface area contributed by atoms with Crippen molar-refractivity contribution in [3.8, 4) is 5.75 Å². The van der Waals surface area contributed by atoms with Crippen LogP contribution < -0.4 is 14.5 Å². The molecule has 3 heterocycles. The van der Waals surface area contributed by atoms with Crippen LogP contribution in [0.5, 0.6) is 5.75 Å². The Bertz CT molecular complexity index is 937. The maximum absolute atomic E-state index is 12.9. The number of hydrogen-bond acceptors (Lipinski definition) is 5.